The minimum Gasteiger partial charge on any atom is -0.463 e. The fourth-order valence-electron chi connectivity index (χ4n) is 3.91. The van der Waals surface area contributed by atoms with E-state index in [0.717, 1.165) is 17.0 Å². The number of nitrogens with two attached hydrogens (primary N) is 1. The van der Waals surface area contributed by atoms with E-state index >= 15 is 0 Å². The van der Waals surface area contributed by atoms with E-state index in [1.165, 1.54) is 11.3 Å². The van der Waals surface area contributed by atoms with Gasteiger partial charge in [0.25, 0.3) is 0 Å². The average Bonchev–Trinajstić information content (AvgIpc) is 3.14. The summed E-state index contributed by atoms with van der Waals surface area (Å²) in [4.78, 5) is 27.0. The molecule has 1 aromatic rings. The van der Waals surface area contributed by atoms with E-state index in [9.17, 15) is 9.59 Å². The van der Waals surface area contributed by atoms with E-state index in [4.69, 9.17) is 15.2 Å². The Kier molecular flexibility index (Phi) is 6.37. The van der Waals surface area contributed by atoms with Crippen LogP contribution in [0.2, 0.25) is 0 Å². The molecular weight excluding hydrogens is 376 g/mol. The van der Waals surface area contributed by atoms with Gasteiger partial charge in [-0.05, 0) is 30.2 Å². The van der Waals surface area contributed by atoms with Crippen molar-refractivity contribution in [3.05, 3.63) is 44.9 Å². The number of ether oxygens (including phenoxy) is 2. The number of nitrogens with one attached hydrogen (secondary N) is 1. The largest absolute Gasteiger partial charge is 0.463 e. The first-order valence-electron chi connectivity index (χ1n) is 9.62. The number of carbonyl (C=O) groups excluding carboxylic acids is 2. The van der Waals surface area contributed by atoms with E-state index in [-0.39, 0.29) is 24.4 Å². The topological polar surface area (TPSA) is 90.7 Å². The van der Waals surface area contributed by atoms with Crippen LogP contribution >= 0.6 is 11.3 Å². The molecule has 0 saturated carbocycles. The Balaban J connectivity index is 2.11. The monoisotopic (exact) mass is 404 g/mol. The van der Waals surface area contributed by atoms with Crippen molar-refractivity contribution in [2.45, 2.75) is 39.5 Å². The summed E-state index contributed by atoms with van der Waals surface area (Å²) in [5.41, 5.74) is 8.12. The Bertz CT molecular complexity index is 808. The van der Waals surface area contributed by atoms with Crippen molar-refractivity contribution in [3.8, 4) is 0 Å². The first-order valence-corrected chi connectivity index (χ1v) is 10.5. The maximum Gasteiger partial charge on any atom is 0.336 e. The smallest absolute Gasteiger partial charge is 0.336 e. The predicted molar refractivity (Wildman–Crippen MR) is 109 cm³/mol. The van der Waals surface area contributed by atoms with Crippen molar-refractivity contribution in [1.29, 1.82) is 0 Å². The molecule has 2 heterocycles. The van der Waals surface area contributed by atoms with Crippen LogP contribution in [0.15, 0.2) is 40.1 Å². The maximum absolute atomic E-state index is 13.1. The molecule has 0 spiro atoms. The highest BCUT2D eigenvalue weighted by Crippen LogP contribution is 2.47. The third kappa shape index (κ3) is 4.21. The first kappa shape index (κ1) is 20.8. The molecule has 6 nitrogen and oxygen atoms in total. The van der Waals surface area contributed by atoms with Crippen molar-refractivity contribution in [2.24, 2.45) is 11.1 Å². The fraction of sp³-hybridized carbons (Fsp3) is 0.524. The van der Waals surface area contributed by atoms with Crippen LogP contribution in [0.5, 0.6) is 0 Å². The van der Waals surface area contributed by atoms with Crippen molar-refractivity contribution < 1.29 is 19.1 Å². The third-order valence-electron chi connectivity index (χ3n) is 4.96. The fourth-order valence-corrected chi connectivity index (χ4v) is 4.75. The van der Waals surface area contributed by atoms with E-state index in [1.807, 2.05) is 17.5 Å². The highest BCUT2D eigenvalue weighted by atomic mass is 32.1. The summed E-state index contributed by atoms with van der Waals surface area (Å²) >= 11 is 1.54. The van der Waals surface area contributed by atoms with Crippen molar-refractivity contribution in [3.63, 3.8) is 0 Å². The van der Waals surface area contributed by atoms with Gasteiger partial charge in [0.15, 0.2) is 5.78 Å². The molecule has 1 aliphatic carbocycles. The molecule has 1 aliphatic heterocycles. The Morgan fingerprint density at radius 2 is 2.18 bits per heavy atom. The van der Waals surface area contributed by atoms with Gasteiger partial charge in [0.1, 0.15) is 0 Å². The summed E-state index contributed by atoms with van der Waals surface area (Å²) in [6, 6.07) is 3.91. The standard InChI is InChI=1S/C21H28N2O4S/c1-4-27-20(25)18-14(12-26-8-7-22)23-13-10-21(2,3)11-15(24)17(13)19(18)16-6-5-9-28-16/h5-6,9,19,23H,4,7-8,10-12,22H2,1-3H3. The van der Waals surface area contributed by atoms with Crippen LogP contribution in [0.3, 0.4) is 0 Å². The van der Waals surface area contributed by atoms with Crippen LogP contribution in [-0.2, 0) is 19.1 Å². The van der Waals surface area contributed by atoms with Gasteiger partial charge in [-0.15, -0.1) is 11.3 Å². The summed E-state index contributed by atoms with van der Waals surface area (Å²) in [6.45, 7) is 7.23. The number of esters is 1. The van der Waals surface area contributed by atoms with Gasteiger partial charge in [0.2, 0.25) is 0 Å². The van der Waals surface area contributed by atoms with Crippen LogP contribution in [0.1, 0.15) is 44.4 Å². The van der Waals surface area contributed by atoms with Crippen molar-refractivity contribution >= 4 is 23.1 Å². The van der Waals surface area contributed by atoms with Crippen LogP contribution in [0, 0.1) is 5.41 Å². The molecule has 3 rings (SSSR count). The molecule has 0 aromatic carbocycles. The van der Waals surface area contributed by atoms with E-state index in [0.29, 0.717) is 36.4 Å². The van der Waals surface area contributed by atoms with Crippen LogP contribution in [-0.4, -0.2) is 38.1 Å². The predicted octanol–water partition coefficient (Wildman–Crippen LogP) is 2.87. The zero-order valence-corrected chi connectivity index (χ0v) is 17.5. The summed E-state index contributed by atoms with van der Waals surface area (Å²) < 4.78 is 11.0. The Labute approximate surface area is 169 Å². The second-order valence-electron chi connectivity index (χ2n) is 7.86. The Morgan fingerprint density at radius 3 is 2.82 bits per heavy atom. The number of dihydropyridines is 1. The second-order valence-corrected chi connectivity index (χ2v) is 8.84. The van der Waals surface area contributed by atoms with Crippen LogP contribution in [0.25, 0.3) is 0 Å². The number of Topliss-reactive ketones (excluding diaryl/α,β-unsaturated/α-hetero) is 1. The molecule has 3 N–H and O–H groups in total. The number of carbonyl (C=O) groups is 2. The van der Waals surface area contributed by atoms with Gasteiger partial charge in [-0.3, -0.25) is 4.79 Å². The number of thiophene rings is 1. The first-order chi connectivity index (χ1) is 13.4. The van der Waals surface area contributed by atoms with E-state index in [1.54, 1.807) is 6.92 Å². The molecule has 0 saturated heterocycles. The van der Waals surface area contributed by atoms with Gasteiger partial charge in [-0.1, -0.05) is 19.9 Å². The van der Waals surface area contributed by atoms with Crippen molar-refractivity contribution in [2.75, 3.05) is 26.4 Å². The molecule has 7 heteroatoms. The molecule has 0 radical (unpaired) electrons. The zero-order valence-electron chi connectivity index (χ0n) is 16.7. The molecule has 1 unspecified atom stereocenters. The summed E-state index contributed by atoms with van der Waals surface area (Å²) in [6.07, 6.45) is 1.21. The van der Waals surface area contributed by atoms with Gasteiger partial charge in [-0.2, -0.15) is 0 Å². The minimum atomic E-state index is -0.421. The summed E-state index contributed by atoms with van der Waals surface area (Å²) in [7, 11) is 0. The zero-order chi connectivity index (χ0) is 20.3. The molecule has 1 atom stereocenters. The number of ketones is 1. The minimum absolute atomic E-state index is 0.0841. The van der Waals surface area contributed by atoms with Gasteiger partial charge >= 0.3 is 5.97 Å². The lowest BCUT2D eigenvalue weighted by Gasteiger charge is -2.39. The van der Waals surface area contributed by atoms with Gasteiger partial charge < -0.3 is 20.5 Å². The number of rotatable bonds is 7. The highest BCUT2D eigenvalue weighted by Gasteiger charge is 2.44. The van der Waals surface area contributed by atoms with E-state index in [2.05, 4.69) is 19.2 Å². The number of allylic oxidation sites excluding steroid dienone is 2. The van der Waals surface area contributed by atoms with E-state index < -0.39 is 11.9 Å². The normalized spacial score (nSPS) is 21.4. The average molecular weight is 405 g/mol. The maximum atomic E-state index is 13.1. The highest BCUT2D eigenvalue weighted by molar-refractivity contribution is 7.10. The Morgan fingerprint density at radius 1 is 1.39 bits per heavy atom. The molecule has 0 fully saturated rings. The molecule has 0 bridgehead atoms. The van der Waals surface area contributed by atoms with Crippen LogP contribution in [0.4, 0.5) is 0 Å². The summed E-state index contributed by atoms with van der Waals surface area (Å²) in [5.74, 6) is -0.750. The SMILES string of the molecule is CCOC(=O)C1=C(COCCN)NC2=C(C(=O)CC(C)(C)C2)C1c1cccs1. The molecule has 1 aromatic heterocycles. The summed E-state index contributed by atoms with van der Waals surface area (Å²) in [5, 5.41) is 5.32. The number of hydrogen-bond acceptors (Lipinski definition) is 7. The van der Waals surface area contributed by atoms with Crippen LogP contribution < -0.4 is 11.1 Å². The van der Waals surface area contributed by atoms with Gasteiger partial charge in [-0.25, -0.2) is 4.79 Å². The second kappa shape index (κ2) is 8.59. The Hall–Kier alpha value is -1.96. The molecule has 2 aliphatic rings. The lowest BCUT2D eigenvalue weighted by atomic mass is 9.70. The quantitative estimate of drug-likeness (QED) is 0.536. The van der Waals surface area contributed by atoms with Crippen molar-refractivity contribution in [1.82, 2.24) is 5.32 Å². The molecular formula is C21H28N2O4S. The lowest BCUT2D eigenvalue weighted by molar-refractivity contribution is -0.138. The molecule has 0 amide bonds. The number of hydrogen-bond donors (Lipinski definition) is 2. The molecule has 152 valence electrons. The van der Waals surface area contributed by atoms with Gasteiger partial charge in [0, 0.05) is 29.1 Å². The third-order valence-corrected chi connectivity index (χ3v) is 5.89. The lowest BCUT2D eigenvalue weighted by Crippen LogP contribution is -2.40. The molecule has 28 heavy (non-hydrogen) atoms. The van der Waals surface area contributed by atoms with Gasteiger partial charge in [0.05, 0.1) is 37.0 Å².